The standard InChI is InChI=1S/C17H21N3O2S/c1-17(2,3)16-18-9-12(10-19-16)20-14(21)8-13-15-11(4-6-22-13)5-7-23-15/h5,7,9-10,13H,4,6,8H2,1-3H3,(H,20,21). The van der Waals surface area contributed by atoms with E-state index in [1.165, 1.54) is 10.4 Å². The predicted octanol–water partition coefficient (Wildman–Crippen LogP) is 3.48. The minimum absolute atomic E-state index is 0.0802. The van der Waals surface area contributed by atoms with Crippen LogP contribution < -0.4 is 5.32 Å². The van der Waals surface area contributed by atoms with Gasteiger partial charge in [-0.05, 0) is 23.4 Å². The summed E-state index contributed by atoms with van der Waals surface area (Å²) in [5.41, 5.74) is 1.82. The first kappa shape index (κ1) is 16.1. The smallest absolute Gasteiger partial charge is 0.227 e. The van der Waals surface area contributed by atoms with E-state index in [-0.39, 0.29) is 17.4 Å². The van der Waals surface area contributed by atoms with Gasteiger partial charge in [0.05, 0.1) is 31.1 Å². The quantitative estimate of drug-likeness (QED) is 0.935. The zero-order valence-corrected chi connectivity index (χ0v) is 14.4. The van der Waals surface area contributed by atoms with Crippen molar-refractivity contribution in [1.29, 1.82) is 0 Å². The van der Waals surface area contributed by atoms with Gasteiger partial charge in [-0.3, -0.25) is 4.79 Å². The first-order valence-corrected chi connectivity index (χ1v) is 8.61. The number of hydrogen-bond donors (Lipinski definition) is 1. The Kier molecular flexibility index (Phi) is 4.46. The molecule has 0 saturated carbocycles. The lowest BCUT2D eigenvalue weighted by molar-refractivity contribution is -0.119. The Labute approximate surface area is 140 Å². The highest BCUT2D eigenvalue weighted by Gasteiger charge is 2.25. The molecule has 0 bridgehead atoms. The van der Waals surface area contributed by atoms with Crippen molar-refractivity contribution >= 4 is 22.9 Å². The summed E-state index contributed by atoms with van der Waals surface area (Å²) in [7, 11) is 0. The van der Waals surface area contributed by atoms with E-state index in [0.717, 1.165) is 12.2 Å². The number of nitrogens with one attached hydrogen (secondary N) is 1. The summed E-state index contributed by atoms with van der Waals surface area (Å²) in [6, 6.07) is 2.12. The lowest BCUT2D eigenvalue weighted by atomic mass is 9.96. The molecule has 0 fully saturated rings. The molecule has 1 unspecified atom stereocenters. The zero-order valence-electron chi connectivity index (χ0n) is 13.6. The van der Waals surface area contributed by atoms with Crippen LogP contribution >= 0.6 is 11.3 Å². The molecule has 1 atom stereocenters. The van der Waals surface area contributed by atoms with Crippen LogP contribution in [0.4, 0.5) is 5.69 Å². The van der Waals surface area contributed by atoms with Gasteiger partial charge < -0.3 is 10.1 Å². The van der Waals surface area contributed by atoms with Crippen LogP contribution in [-0.4, -0.2) is 22.5 Å². The maximum absolute atomic E-state index is 12.3. The molecule has 0 radical (unpaired) electrons. The number of carbonyl (C=O) groups is 1. The van der Waals surface area contributed by atoms with Gasteiger partial charge in [0.1, 0.15) is 11.9 Å². The molecule has 6 heteroatoms. The van der Waals surface area contributed by atoms with Crippen LogP contribution in [0.15, 0.2) is 23.8 Å². The number of carbonyl (C=O) groups excluding carboxylic acids is 1. The third-order valence-corrected chi connectivity index (χ3v) is 4.79. The van der Waals surface area contributed by atoms with E-state index in [4.69, 9.17) is 4.74 Å². The van der Waals surface area contributed by atoms with E-state index in [1.54, 1.807) is 23.7 Å². The van der Waals surface area contributed by atoms with Gasteiger partial charge in [0.25, 0.3) is 0 Å². The zero-order chi connectivity index (χ0) is 16.4. The normalized spacial score (nSPS) is 17.6. The summed E-state index contributed by atoms with van der Waals surface area (Å²) in [5.74, 6) is 0.678. The Morgan fingerprint density at radius 1 is 1.39 bits per heavy atom. The largest absolute Gasteiger partial charge is 0.372 e. The molecule has 23 heavy (non-hydrogen) atoms. The van der Waals surface area contributed by atoms with Crippen LogP contribution in [0.5, 0.6) is 0 Å². The van der Waals surface area contributed by atoms with Gasteiger partial charge in [0, 0.05) is 10.3 Å². The maximum atomic E-state index is 12.3. The predicted molar refractivity (Wildman–Crippen MR) is 90.7 cm³/mol. The van der Waals surface area contributed by atoms with E-state index >= 15 is 0 Å². The highest BCUT2D eigenvalue weighted by molar-refractivity contribution is 7.10. The molecule has 3 rings (SSSR count). The summed E-state index contributed by atoms with van der Waals surface area (Å²) in [5, 5.41) is 4.91. The van der Waals surface area contributed by atoms with Crippen molar-refractivity contribution in [3.63, 3.8) is 0 Å². The Hall–Kier alpha value is -1.79. The Morgan fingerprint density at radius 2 is 2.13 bits per heavy atom. The van der Waals surface area contributed by atoms with Crippen LogP contribution in [0, 0.1) is 0 Å². The lowest BCUT2D eigenvalue weighted by Crippen LogP contribution is -2.21. The van der Waals surface area contributed by atoms with E-state index in [2.05, 4.69) is 47.5 Å². The molecule has 0 saturated heterocycles. The number of nitrogens with zero attached hydrogens (tertiary/aromatic N) is 2. The Morgan fingerprint density at radius 3 is 2.83 bits per heavy atom. The monoisotopic (exact) mass is 331 g/mol. The van der Waals surface area contributed by atoms with Gasteiger partial charge in [-0.25, -0.2) is 9.97 Å². The fourth-order valence-corrected chi connectivity index (χ4v) is 3.54. The fourth-order valence-electron chi connectivity index (χ4n) is 2.54. The number of hydrogen-bond acceptors (Lipinski definition) is 5. The van der Waals surface area contributed by atoms with E-state index < -0.39 is 0 Å². The lowest BCUT2D eigenvalue weighted by Gasteiger charge is -2.22. The number of fused-ring (bicyclic) bond motifs is 1. The van der Waals surface area contributed by atoms with Gasteiger partial charge in [-0.15, -0.1) is 11.3 Å². The first-order chi connectivity index (χ1) is 10.9. The molecule has 1 amide bonds. The number of thiophene rings is 1. The molecule has 0 aliphatic carbocycles. The molecule has 2 aromatic rings. The summed E-state index contributed by atoms with van der Waals surface area (Å²) in [6.45, 7) is 6.84. The number of ether oxygens (including phenoxy) is 1. The number of aromatic nitrogens is 2. The molecule has 3 heterocycles. The molecule has 0 spiro atoms. The van der Waals surface area contributed by atoms with Crippen molar-refractivity contribution in [3.8, 4) is 0 Å². The molecule has 0 aromatic carbocycles. The van der Waals surface area contributed by atoms with Gasteiger partial charge in [0.2, 0.25) is 5.91 Å². The van der Waals surface area contributed by atoms with Crippen molar-refractivity contribution in [3.05, 3.63) is 40.1 Å². The molecule has 1 N–H and O–H groups in total. The van der Waals surface area contributed by atoms with Crippen LogP contribution in [0.1, 0.15) is 49.6 Å². The van der Waals surface area contributed by atoms with E-state index in [9.17, 15) is 4.79 Å². The second-order valence-electron chi connectivity index (χ2n) is 6.72. The minimum Gasteiger partial charge on any atom is -0.372 e. The van der Waals surface area contributed by atoms with E-state index in [0.29, 0.717) is 18.7 Å². The average Bonchev–Trinajstić information content (AvgIpc) is 2.96. The van der Waals surface area contributed by atoms with Gasteiger partial charge >= 0.3 is 0 Å². The van der Waals surface area contributed by atoms with Gasteiger partial charge in [-0.2, -0.15) is 0 Å². The average molecular weight is 331 g/mol. The van der Waals surface area contributed by atoms with Crippen molar-refractivity contribution in [1.82, 2.24) is 9.97 Å². The van der Waals surface area contributed by atoms with Crippen LogP contribution in [0.2, 0.25) is 0 Å². The molecular weight excluding hydrogens is 310 g/mol. The Bertz CT molecular complexity index is 689. The molecule has 5 nitrogen and oxygen atoms in total. The third-order valence-electron chi connectivity index (χ3n) is 3.74. The number of rotatable bonds is 3. The highest BCUT2D eigenvalue weighted by atomic mass is 32.1. The van der Waals surface area contributed by atoms with Crippen molar-refractivity contribution < 1.29 is 9.53 Å². The SMILES string of the molecule is CC(C)(C)c1ncc(NC(=O)CC2OCCc3ccsc32)cn1. The molecular formula is C17H21N3O2S. The molecule has 1 aliphatic rings. The second kappa shape index (κ2) is 6.37. The summed E-state index contributed by atoms with van der Waals surface area (Å²) in [4.78, 5) is 22.1. The first-order valence-electron chi connectivity index (χ1n) is 7.74. The van der Waals surface area contributed by atoms with Crippen LogP contribution in [0.25, 0.3) is 0 Å². The minimum atomic E-state index is -0.145. The summed E-state index contributed by atoms with van der Waals surface area (Å²) >= 11 is 1.66. The summed E-state index contributed by atoms with van der Waals surface area (Å²) in [6.07, 6.45) is 4.41. The van der Waals surface area contributed by atoms with Crippen LogP contribution in [0.3, 0.4) is 0 Å². The molecule has 122 valence electrons. The maximum Gasteiger partial charge on any atom is 0.227 e. The van der Waals surface area contributed by atoms with Crippen molar-refractivity contribution in [2.24, 2.45) is 0 Å². The number of amides is 1. The Balaban J connectivity index is 1.62. The van der Waals surface area contributed by atoms with Crippen LogP contribution in [-0.2, 0) is 21.4 Å². The third kappa shape index (κ3) is 3.76. The topological polar surface area (TPSA) is 64.1 Å². The van der Waals surface area contributed by atoms with Crippen molar-refractivity contribution in [2.75, 3.05) is 11.9 Å². The van der Waals surface area contributed by atoms with Gasteiger partial charge in [0.15, 0.2) is 0 Å². The highest BCUT2D eigenvalue weighted by Crippen LogP contribution is 2.34. The number of anilines is 1. The molecule has 2 aromatic heterocycles. The fraction of sp³-hybridized carbons (Fsp3) is 0.471. The van der Waals surface area contributed by atoms with Crippen molar-refractivity contribution in [2.45, 2.75) is 45.1 Å². The van der Waals surface area contributed by atoms with Gasteiger partial charge in [-0.1, -0.05) is 20.8 Å². The van der Waals surface area contributed by atoms with E-state index in [1.807, 2.05) is 0 Å². The summed E-state index contributed by atoms with van der Waals surface area (Å²) < 4.78 is 5.75. The second-order valence-corrected chi connectivity index (χ2v) is 7.66. The molecule has 1 aliphatic heterocycles.